The smallest absolute Gasteiger partial charge is 0.343 e. The van der Waals surface area contributed by atoms with Crippen LogP contribution in [0.15, 0.2) is 82.4 Å². The first-order valence-corrected chi connectivity index (χ1v) is 10.4. The molecule has 31 heavy (non-hydrogen) atoms. The molecule has 1 amide bonds. The third-order valence-corrected chi connectivity index (χ3v) is 4.84. The topological polar surface area (TPSA) is 77.0 Å². The van der Waals surface area contributed by atoms with E-state index >= 15 is 0 Å². The van der Waals surface area contributed by atoms with E-state index in [0.29, 0.717) is 27.6 Å². The highest BCUT2D eigenvalue weighted by molar-refractivity contribution is 9.10. The van der Waals surface area contributed by atoms with Crippen molar-refractivity contribution in [2.45, 2.75) is 13.0 Å². The van der Waals surface area contributed by atoms with E-state index in [4.69, 9.17) is 21.1 Å². The van der Waals surface area contributed by atoms with Gasteiger partial charge >= 0.3 is 5.97 Å². The minimum atomic E-state index is -0.715. The minimum absolute atomic E-state index is 0.382. The molecule has 0 saturated carbocycles. The zero-order valence-electron chi connectivity index (χ0n) is 16.4. The molecule has 1 atom stereocenters. The summed E-state index contributed by atoms with van der Waals surface area (Å²) in [7, 11) is 0. The summed E-state index contributed by atoms with van der Waals surface area (Å²) in [6.07, 6.45) is 0.766. The fraction of sp³-hybridized carbons (Fsp3) is 0.0870. The van der Waals surface area contributed by atoms with Gasteiger partial charge < -0.3 is 9.47 Å². The van der Waals surface area contributed by atoms with Gasteiger partial charge in [0.05, 0.1) is 11.8 Å². The number of amides is 1. The molecule has 0 aliphatic carbocycles. The van der Waals surface area contributed by atoms with E-state index in [2.05, 4.69) is 26.5 Å². The molecule has 8 heteroatoms. The number of hydrazone groups is 1. The zero-order valence-corrected chi connectivity index (χ0v) is 18.8. The Bertz CT molecular complexity index is 1070. The first kappa shape index (κ1) is 22.5. The highest BCUT2D eigenvalue weighted by Gasteiger charge is 2.13. The quantitative estimate of drug-likeness (QED) is 0.208. The molecule has 0 fully saturated rings. The second kappa shape index (κ2) is 10.7. The number of hydrogen-bond acceptors (Lipinski definition) is 5. The lowest BCUT2D eigenvalue weighted by Crippen LogP contribution is -2.33. The third kappa shape index (κ3) is 6.94. The molecule has 3 aromatic rings. The van der Waals surface area contributed by atoms with E-state index in [0.717, 1.165) is 4.47 Å². The molecule has 1 unspecified atom stereocenters. The molecule has 3 aromatic carbocycles. The molecule has 0 saturated heterocycles. The van der Waals surface area contributed by atoms with Gasteiger partial charge in [-0.25, -0.2) is 10.2 Å². The molecule has 6 nitrogen and oxygen atoms in total. The molecule has 3 rings (SSSR count). The molecular weight excluding hydrogens is 484 g/mol. The summed E-state index contributed by atoms with van der Waals surface area (Å²) in [5, 5.41) is 4.48. The largest absolute Gasteiger partial charge is 0.481 e. The monoisotopic (exact) mass is 500 g/mol. The second-order valence-corrected chi connectivity index (χ2v) is 7.77. The number of carbonyl (C=O) groups excluding carboxylic acids is 2. The number of nitrogens with one attached hydrogen (secondary N) is 1. The molecule has 0 aromatic heterocycles. The van der Waals surface area contributed by atoms with Crippen LogP contribution < -0.4 is 14.9 Å². The Balaban J connectivity index is 1.49. The van der Waals surface area contributed by atoms with Crippen LogP contribution in [0.25, 0.3) is 0 Å². The number of carbonyl (C=O) groups is 2. The van der Waals surface area contributed by atoms with E-state index in [9.17, 15) is 9.59 Å². The molecule has 0 radical (unpaired) electrons. The van der Waals surface area contributed by atoms with Gasteiger partial charge in [0.25, 0.3) is 5.91 Å². The van der Waals surface area contributed by atoms with Gasteiger partial charge in [-0.3, -0.25) is 4.79 Å². The van der Waals surface area contributed by atoms with Gasteiger partial charge in [-0.05, 0) is 85.3 Å². The molecule has 1 N–H and O–H groups in total. The van der Waals surface area contributed by atoms with E-state index in [-0.39, 0.29) is 5.91 Å². The number of hydrogen-bond donors (Lipinski definition) is 1. The maximum Gasteiger partial charge on any atom is 0.343 e. The van der Waals surface area contributed by atoms with Crippen molar-refractivity contribution < 1.29 is 19.1 Å². The van der Waals surface area contributed by atoms with Crippen molar-refractivity contribution in [3.05, 3.63) is 93.4 Å². The van der Waals surface area contributed by atoms with Crippen molar-refractivity contribution >= 4 is 45.6 Å². The van der Waals surface area contributed by atoms with Gasteiger partial charge in [0.1, 0.15) is 11.5 Å². The number of ether oxygens (including phenoxy) is 2. The van der Waals surface area contributed by atoms with Crippen molar-refractivity contribution in [2.24, 2.45) is 5.10 Å². The number of halogens is 2. The number of esters is 1. The zero-order chi connectivity index (χ0) is 22.2. The van der Waals surface area contributed by atoms with Gasteiger partial charge in [-0.15, -0.1) is 0 Å². The second-order valence-electron chi connectivity index (χ2n) is 6.41. The molecule has 158 valence electrons. The first-order valence-electron chi connectivity index (χ1n) is 9.23. The first-order chi connectivity index (χ1) is 14.9. The number of rotatable bonds is 7. The lowest BCUT2D eigenvalue weighted by atomic mass is 10.2. The summed E-state index contributed by atoms with van der Waals surface area (Å²) >= 11 is 9.16. The van der Waals surface area contributed by atoms with Crippen LogP contribution in [-0.4, -0.2) is 24.2 Å². The molecule has 0 spiro atoms. The standard InChI is InChI=1S/C23H18BrClN2O4/c1-15(30-20-12-6-18(24)7-13-20)22(28)27-26-14-16-2-10-21(11-3-16)31-23(29)17-4-8-19(25)9-5-17/h2-15H,1H3,(H,27,28). The van der Waals surface area contributed by atoms with E-state index in [1.165, 1.54) is 6.21 Å². The van der Waals surface area contributed by atoms with E-state index < -0.39 is 12.1 Å². The van der Waals surface area contributed by atoms with Gasteiger partial charge in [0.2, 0.25) is 0 Å². The van der Waals surface area contributed by atoms with Crippen LogP contribution >= 0.6 is 27.5 Å². The number of benzene rings is 3. The lowest BCUT2D eigenvalue weighted by molar-refractivity contribution is -0.127. The van der Waals surface area contributed by atoms with Crippen molar-refractivity contribution in [1.82, 2.24) is 5.43 Å². The van der Waals surface area contributed by atoms with Gasteiger partial charge in [-0.2, -0.15) is 5.10 Å². The summed E-state index contributed by atoms with van der Waals surface area (Å²) in [5.41, 5.74) is 3.55. The normalized spacial score (nSPS) is 11.7. The Labute approximate surface area is 193 Å². The molecular formula is C23H18BrClN2O4. The Morgan fingerprint density at radius 2 is 1.58 bits per heavy atom. The molecule has 0 aliphatic rings. The third-order valence-electron chi connectivity index (χ3n) is 4.05. The lowest BCUT2D eigenvalue weighted by Gasteiger charge is -2.12. The summed E-state index contributed by atoms with van der Waals surface area (Å²) in [6.45, 7) is 1.64. The summed E-state index contributed by atoms with van der Waals surface area (Å²) < 4.78 is 11.8. The maximum atomic E-state index is 12.1. The van der Waals surface area contributed by atoms with Gasteiger partial charge in [0.15, 0.2) is 6.10 Å². The van der Waals surface area contributed by atoms with Crippen molar-refractivity contribution in [3.63, 3.8) is 0 Å². The summed E-state index contributed by atoms with van der Waals surface area (Å²) in [5.74, 6) is 0.106. The summed E-state index contributed by atoms with van der Waals surface area (Å²) in [6, 6.07) is 20.3. The van der Waals surface area contributed by atoms with Gasteiger partial charge in [-0.1, -0.05) is 27.5 Å². The van der Waals surface area contributed by atoms with Crippen molar-refractivity contribution in [3.8, 4) is 11.5 Å². The Morgan fingerprint density at radius 3 is 2.23 bits per heavy atom. The molecule has 0 bridgehead atoms. The average molecular weight is 502 g/mol. The van der Waals surface area contributed by atoms with E-state index in [1.807, 2.05) is 12.1 Å². The number of nitrogens with zero attached hydrogens (tertiary/aromatic N) is 1. The van der Waals surface area contributed by atoms with Crippen LogP contribution in [0.1, 0.15) is 22.8 Å². The highest BCUT2D eigenvalue weighted by Crippen LogP contribution is 2.17. The van der Waals surface area contributed by atoms with Crippen molar-refractivity contribution in [2.75, 3.05) is 0 Å². The minimum Gasteiger partial charge on any atom is -0.481 e. The molecule has 0 heterocycles. The Morgan fingerprint density at radius 1 is 0.968 bits per heavy atom. The maximum absolute atomic E-state index is 12.1. The van der Waals surface area contributed by atoms with Crippen LogP contribution in [-0.2, 0) is 4.79 Å². The van der Waals surface area contributed by atoms with Crippen LogP contribution in [0.3, 0.4) is 0 Å². The van der Waals surface area contributed by atoms with Gasteiger partial charge in [0, 0.05) is 9.50 Å². The predicted octanol–water partition coefficient (Wildman–Crippen LogP) is 5.24. The van der Waals surface area contributed by atoms with Crippen molar-refractivity contribution in [1.29, 1.82) is 0 Å². The predicted molar refractivity (Wildman–Crippen MR) is 123 cm³/mol. The molecule has 0 aliphatic heterocycles. The summed E-state index contributed by atoms with van der Waals surface area (Å²) in [4.78, 5) is 24.2. The van der Waals surface area contributed by atoms with Crippen LogP contribution in [0.5, 0.6) is 11.5 Å². The Kier molecular flexibility index (Phi) is 7.81. The van der Waals surface area contributed by atoms with Crippen LogP contribution in [0.2, 0.25) is 5.02 Å². The van der Waals surface area contributed by atoms with Crippen LogP contribution in [0.4, 0.5) is 0 Å². The SMILES string of the molecule is CC(Oc1ccc(Br)cc1)C(=O)NN=Cc1ccc(OC(=O)c2ccc(Cl)cc2)cc1. The highest BCUT2D eigenvalue weighted by atomic mass is 79.9. The van der Waals surface area contributed by atoms with Crippen LogP contribution in [0, 0.1) is 0 Å². The fourth-order valence-corrected chi connectivity index (χ4v) is 2.80. The average Bonchev–Trinajstić information content (AvgIpc) is 2.77. The van der Waals surface area contributed by atoms with E-state index in [1.54, 1.807) is 67.6 Å². The Hall–Kier alpha value is -3.16. The fourth-order valence-electron chi connectivity index (χ4n) is 2.41.